The van der Waals surface area contributed by atoms with Gasteiger partial charge in [-0.15, -0.1) is 0 Å². The summed E-state index contributed by atoms with van der Waals surface area (Å²) in [5.74, 6) is 0. The maximum Gasteiger partial charge on any atom is 0.416 e. The molecule has 4 nitrogen and oxygen atoms in total. The maximum absolute atomic E-state index is 12.7. The van der Waals surface area contributed by atoms with Gasteiger partial charge in [0, 0.05) is 19.6 Å². The van der Waals surface area contributed by atoms with Gasteiger partial charge in [-0.3, -0.25) is 0 Å². The van der Waals surface area contributed by atoms with Crippen molar-refractivity contribution >= 4 is 6.03 Å². The van der Waals surface area contributed by atoms with Gasteiger partial charge in [0.15, 0.2) is 0 Å². The average Bonchev–Trinajstić information content (AvgIpc) is 2.40. The van der Waals surface area contributed by atoms with Crippen LogP contribution in [-0.2, 0) is 6.18 Å². The van der Waals surface area contributed by atoms with E-state index >= 15 is 0 Å². The number of hydrogen-bond acceptors (Lipinski definition) is 2. The van der Waals surface area contributed by atoms with Crippen molar-refractivity contribution in [3.63, 3.8) is 0 Å². The van der Waals surface area contributed by atoms with E-state index in [-0.39, 0.29) is 18.6 Å². The van der Waals surface area contributed by atoms with Crippen LogP contribution in [0.2, 0.25) is 0 Å². The highest BCUT2D eigenvalue weighted by atomic mass is 19.4. The predicted molar refractivity (Wildman–Crippen MR) is 68.0 cm³/mol. The zero-order valence-corrected chi connectivity index (χ0v) is 10.8. The van der Waals surface area contributed by atoms with E-state index in [4.69, 9.17) is 5.73 Å². The second-order valence-corrected chi connectivity index (χ2v) is 4.64. The normalized spacial score (nSPS) is 19.9. The van der Waals surface area contributed by atoms with Crippen molar-refractivity contribution in [2.75, 3.05) is 19.6 Å². The Labute approximate surface area is 114 Å². The Hall–Kier alpha value is -1.76. The first-order valence-electron chi connectivity index (χ1n) is 6.35. The topological polar surface area (TPSA) is 58.4 Å². The van der Waals surface area contributed by atoms with Crippen LogP contribution in [0.15, 0.2) is 24.3 Å². The Kier molecular flexibility index (Phi) is 4.17. The van der Waals surface area contributed by atoms with E-state index in [0.717, 1.165) is 12.1 Å². The summed E-state index contributed by atoms with van der Waals surface area (Å²) < 4.78 is 38.2. The van der Waals surface area contributed by atoms with Gasteiger partial charge in [-0.25, -0.2) is 4.79 Å². The van der Waals surface area contributed by atoms with Crippen molar-refractivity contribution in [3.8, 4) is 0 Å². The third kappa shape index (κ3) is 3.04. The zero-order chi connectivity index (χ0) is 14.8. The summed E-state index contributed by atoms with van der Waals surface area (Å²) in [7, 11) is 0. The third-order valence-corrected chi connectivity index (χ3v) is 3.30. The molecule has 1 aromatic carbocycles. The first-order chi connectivity index (χ1) is 9.43. The SMILES string of the molecule is NCCN1C(=O)NCCC1c1cccc(C(F)(F)F)c1. The lowest BCUT2D eigenvalue weighted by Gasteiger charge is -2.36. The van der Waals surface area contributed by atoms with Crippen LogP contribution in [0.4, 0.5) is 18.0 Å². The molecule has 1 saturated heterocycles. The highest BCUT2D eigenvalue weighted by molar-refractivity contribution is 5.75. The first-order valence-corrected chi connectivity index (χ1v) is 6.35. The lowest BCUT2D eigenvalue weighted by atomic mass is 9.98. The molecule has 110 valence electrons. The maximum atomic E-state index is 12.7. The highest BCUT2D eigenvalue weighted by Crippen LogP contribution is 2.33. The fourth-order valence-electron chi connectivity index (χ4n) is 2.38. The molecule has 1 aromatic rings. The van der Waals surface area contributed by atoms with Crippen molar-refractivity contribution in [3.05, 3.63) is 35.4 Å². The Morgan fingerprint density at radius 3 is 2.80 bits per heavy atom. The molecule has 0 bridgehead atoms. The number of urea groups is 1. The summed E-state index contributed by atoms with van der Waals surface area (Å²) in [6.07, 6.45) is -3.82. The summed E-state index contributed by atoms with van der Waals surface area (Å²) in [4.78, 5) is 13.3. The molecule has 0 radical (unpaired) electrons. The van der Waals surface area contributed by atoms with Gasteiger partial charge in [-0.05, 0) is 24.1 Å². The Morgan fingerprint density at radius 1 is 1.40 bits per heavy atom. The number of rotatable bonds is 3. The molecule has 3 N–H and O–H groups in total. The lowest BCUT2D eigenvalue weighted by Crippen LogP contribution is -2.49. The van der Waals surface area contributed by atoms with E-state index in [2.05, 4.69) is 5.32 Å². The van der Waals surface area contributed by atoms with Gasteiger partial charge in [0.2, 0.25) is 0 Å². The van der Waals surface area contributed by atoms with Gasteiger partial charge >= 0.3 is 12.2 Å². The zero-order valence-electron chi connectivity index (χ0n) is 10.8. The van der Waals surface area contributed by atoms with Crippen molar-refractivity contribution < 1.29 is 18.0 Å². The molecule has 2 amide bonds. The molecule has 1 aliphatic heterocycles. The molecule has 1 unspecified atom stereocenters. The summed E-state index contributed by atoms with van der Waals surface area (Å²) >= 11 is 0. The number of nitrogens with zero attached hydrogens (tertiary/aromatic N) is 1. The summed E-state index contributed by atoms with van der Waals surface area (Å²) in [5, 5.41) is 2.67. The monoisotopic (exact) mass is 287 g/mol. The highest BCUT2D eigenvalue weighted by Gasteiger charge is 2.33. The Balaban J connectivity index is 2.31. The molecule has 0 aromatic heterocycles. The summed E-state index contributed by atoms with van der Waals surface area (Å²) in [6.45, 7) is 1.02. The van der Waals surface area contributed by atoms with Crippen LogP contribution in [0.3, 0.4) is 0 Å². The number of benzene rings is 1. The van der Waals surface area contributed by atoms with Crippen LogP contribution in [0.25, 0.3) is 0 Å². The second-order valence-electron chi connectivity index (χ2n) is 4.64. The number of carbonyl (C=O) groups is 1. The molecular weight excluding hydrogens is 271 g/mol. The first kappa shape index (κ1) is 14.6. The smallest absolute Gasteiger partial charge is 0.338 e. The average molecular weight is 287 g/mol. The molecule has 1 atom stereocenters. The number of carbonyl (C=O) groups excluding carboxylic acids is 1. The van der Waals surface area contributed by atoms with Gasteiger partial charge in [-0.2, -0.15) is 13.2 Å². The van der Waals surface area contributed by atoms with E-state index < -0.39 is 11.7 Å². The minimum atomic E-state index is -4.38. The second kappa shape index (κ2) is 5.70. The van der Waals surface area contributed by atoms with Crippen LogP contribution in [0.1, 0.15) is 23.6 Å². The third-order valence-electron chi connectivity index (χ3n) is 3.30. The molecule has 7 heteroatoms. The molecule has 1 fully saturated rings. The quantitative estimate of drug-likeness (QED) is 0.894. The van der Waals surface area contributed by atoms with Gasteiger partial charge in [0.25, 0.3) is 0 Å². The van der Waals surface area contributed by atoms with Crippen LogP contribution < -0.4 is 11.1 Å². The van der Waals surface area contributed by atoms with E-state index in [1.807, 2.05) is 0 Å². The van der Waals surface area contributed by atoms with Crippen LogP contribution >= 0.6 is 0 Å². The fraction of sp³-hybridized carbons (Fsp3) is 0.462. The number of halogens is 3. The van der Waals surface area contributed by atoms with Crippen molar-refractivity contribution in [2.24, 2.45) is 5.73 Å². The largest absolute Gasteiger partial charge is 0.416 e. The molecule has 0 aliphatic carbocycles. The molecule has 0 saturated carbocycles. The molecule has 0 spiro atoms. The van der Waals surface area contributed by atoms with Gasteiger partial charge in [-0.1, -0.05) is 12.1 Å². The van der Waals surface area contributed by atoms with E-state index in [1.165, 1.54) is 11.0 Å². The van der Waals surface area contributed by atoms with Gasteiger partial charge in [0.05, 0.1) is 11.6 Å². The van der Waals surface area contributed by atoms with Crippen molar-refractivity contribution in [1.82, 2.24) is 10.2 Å². The minimum Gasteiger partial charge on any atom is -0.338 e. The van der Waals surface area contributed by atoms with Crippen LogP contribution in [0.5, 0.6) is 0 Å². The molecular formula is C13H16F3N3O. The number of amides is 2. The van der Waals surface area contributed by atoms with Crippen molar-refractivity contribution in [2.45, 2.75) is 18.6 Å². The number of hydrogen-bond donors (Lipinski definition) is 2. The Morgan fingerprint density at radius 2 is 2.15 bits per heavy atom. The van der Waals surface area contributed by atoms with Crippen LogP contribution in [0, 0.1) is 0 Å². The van der Waals surface area contributed by atoms with Gasteiger partial charge < -0.3 is 16.0 Å². The minimum absolute atomic E-state index is 0.267. The number of nitrogens with two attached hydrogens (primary N) is 1. The van der Waals surface area contributed by atoms with Crippen molar-refractivity contribution in [1.29, 1.82) is 0 Å². The number of alkyl halides is 3. The van der Waals surface area contributed by atoms with E-state index in [0.29, 0.717) is 25.1 Å². The Bertz CT molecular complexity index is 490. The fourth-order valence-corrected chi connectivity index (χ4v) is 2.38. The van der Waals surface area contributed by atoms with Crippen LogP contribution in [-0.4, -0.2) is 30.6 Å². The van der Waals surface area contributed by atoms with E-state index in [9.17, 15) is 18.0 Å². The molecule has 1 aliphatic rings. The summed E-state index contributed by atoms with van der Waals surface area (Å²) in [6, 6.07) is 4.46. The molecule has 2 rings (SSSR count). The van der Waals surface area contributed by atoms with E-state index in [1.54, 1.807) is 6.07 Å². The summed E-state index contributed by atoms with van der Waals surface area (Å²) in [5.41, 5.74) is 5.25. The molecule has 1 heterocycles. The standard InChI is InChI=1S/C13H16F3N3O/c14-13(15,16)10-3-1-2-9(8-10)11-4-6-18-12(20)19(11)7-5-17/h1-3,8,11H,4-7,17H2,(H,18,20). The number of nitrogens with one attached hydrogen (secondary N) is 1. The van der Waals surface area contributed by atoms with Gasteiger partial charge in [0.1, 0.15) is 0 Å². The molecule has 20 heavy (non-hydrogen) atoms. The lowest BCUT2D eigenvalue weighted by molar-refractivity contribution is -0.137. The predicted octanol–water partition coefficient (Wildman–Crippen LogP) is 2.12.